The Labute approximate surface area is 185 Å². The molecule has 1 saturated heterocycles. The van der Waals surface area contributed by atoms with Gasteiger partial charge in [-0.1, -0.05) is 0 Å². The number of nitrogens with zero attached hydrogens (tertiary/aromatic N) is 2. The minimum atomic E-state index is -0.209. The third kappa shape index (κ3) is 4.12. The fraction of sp³-hybridized carbons (Fsp3) is 0.250. The van der Waals surface area contributed by atoms with Crippen LogP contribution in [0.1, 0.15) is 20.9 Å². The van der Waals surface area contributed by atoms with Gasteiger partial charge in [-0.3, -0.25) is 9.59 Å². The summed E-state index contributed by atoms with van der Waals surface area (Å²) in [4.78, 5) is 29.1. The van der Waals surface area contributed by atoms with Crippen molar-refractivity contribution in [2.75, 3.05) is 49.6 Å². The summed E-state index contributed by atoms with van der Waals surface area (Å²) in [6.45, 7) is 3.71. The zero-order valence-electron chi connectivity index (χ0n) is 17.5. The highest BCUT2D eigenvalue weighted by Crippen LogP contribution is 2.31. The van der Waals surface area contributed by atoms with Crippen LogP contribution in [-0.2, 0) is 0 Å². The van der Waals surface area contributed by atoms with E-state index in [1.807, 2.05) is 24.3 Å². The van der Waals surface area contributed by atoms with Crippen LogP contribution < -0.4 is 19.7 Å². The predicted octanol–water partition coefficient (Wildman–Crippen LogP) is 3.27. The molecule has 0 aliphatic carbocycles. The highest BCUT2D eigenvalue weighted by molar-refractivity contribution is 6.04. The third-order valence-corrected chi connectivity index (χ3v) is 5.59. The molecule has 1 aromatic heterocycles. The summed E-state index contributed by atoms with van der Waals surface area (Å²) in [5, 5.41) is 2.92. The van der Waals surface area contributed by atoms with Crippen molar-refractivity contribution in [3.8, 4) is 11.5 Å². The van der Waals surface area contributed by atoms with E-state index in [1.165, 1.54) is 6.26 Å². The van der Waals surface area contributed by atoms with Gasteiger partial charge in [-0.05, 0) is 54.6 Å². The predicted molar refractivity (Wildman–Crippen MR) is 119 cm³/mol. The molecule has 3 heterocycles. The van der Waals surface area contributed by atoms with Gasteiger partial charge in [-0.25, -0.2) is 0 Å². The van der Waals surface area contributed by atoms with E-state index in [-0.39, 0.29) is 11.8 Å². The van der Waals surface area contributed by atoms with Crippen molar-refractivity contribution < 1.29 is 23.5 Å². The molecule has 2 amide bonds. The molecule has 2 aliphatic rings. The second-order valence-electron chi connectivity index (χ2n) is 7.62. The molecule has 0 unspecified atom stereocenters. The molecule has 0 radical (unpaired) electrons. The zero-order chi connectivity index (χ0) is 21.9. The van der Waals surface area contributed by atoms with Crippen LogP contribution in [0.25, 0.3) is 0 Å². The maximum absolute atomic E-state index is 12.6. The number of anilines is 2. The number of rotatable bonds is 4. The van der Waals surface area contributed by atoms with Crippen molar-refractivity contribution in [2.24, 2.45) is 0 Å². The van der Waals surface area contributed by atoms with Gasteiger partial charge < -0.3 is 29.0 Å². The smallest absolute Gasteiger partial charge is 0.289 e. The average molecular weight is 433 g/mol. The molecule has 8 heteroatoms. The summed E-state index contributed by atoms with van der Waals surface area (Å²) in [6, 6.07) is 16.3. The van der Waals surface area contributed by atoms with E-state index in [2.05, 4.69) is 10.2 Å². The Morgan fingerprint density at radius 2 is 1.59 bits per heavy atom. The van der Waals surface area contributed by atoms with E-state index >= 15 is 0 Å². The second-order valence-corrected chi connectivity index (χ2v) is 7.62. The minimum absolute atomic E-state index is 0.0770. The molecule has 1 fully saturated rings. The van der Waals surface area contributed by atoms with E-state index in [4.69, 9.17) is 13.9 Å². The molecule has 3 aromatic rings. The number of piperazine rings is 1. The molecule has 8 nitrogen and oxygen atoms in total. The molecule has 164 valence electrons. The second kappa shape index (κ2) is 8.66. The van der Waals surface area contributed by atoms with Crippen LogP contribution in [0, 0.1) is 0 Å². The van der Waals surface area contributed by atoms with E-state index in [1.54, 1.807) is 35.2 Å². The number of hydrogen-bond acceptors (Lipinski definition) is 6. The standard InChI is InChI=1S/C24H23N3O5/c28-23(17-3-8-20-22(16-17)32-15-14-31-20)25-18-4-6-19(7-5-18)26-9-11-27(12-10-26)24(29)21-2-1-13-30-21/h1-8,13,16H,9-12,14-15H2,(H,25,28). The van der Waals surface area contributed by atoms with Crippen LogP contribution >= 0.6 is 0 Å². The number of nitrogens with one attached hydrogen (secondary N) is 1. The molecule has 0 atom stereocenters. The van der Waals surface area contributed by atoms with Crippen molar-refractivity contribution in [2.45, 2.75) is 0 Å². The quantitative estimate of drug-likeness (QED) is 0.680. The topological polar surface area (TPSA) is 84.3 Å². The maximum atomic E-state index is 12.6. The van der Waals surface area contributed by atoms with Crippen LogP contribution in [0.5, 0.6) is 11.5 Å². The van der Waals surface area contributed by atoms with E-state index in [0.717, 1.165) is 18.8 Å². The summed E-state index contributed by atoms with van der Waals surface area (Å²) >= 11 is 0. The first-order valence-electron chi connectivity index (χ1n) is 10.6. The van der Waals surface area contributed by atoms with Crippen LogP contribution in [0.15, 0.2) is 65.3 Å². The summed E-state index contributed by atoms with van der Waals surface area (Å²) in [7, 11) is 0. The van der Waals surface area contributed by atoms with Gasteiger partial charge in [0.15, 0.2) is 17.3 Å². The molecular formula is C24H23N3O5. The Morgan fingerprint density at radius 3 is 2.31 bits per heavy atom. The Bertz CT molecular complexity index is 1100. The van der Waals surface area contributed by atoms with Crippen LogP contribution in [0.3, 0.4) is 0 Å². The molecule has 0 saturated carbocycles. The van der Waals surface area contributed by atoms with Gasteiger partial charge in [-0.2, -0.15) is 0 Å². The lowest BCUT2D eigenvalue weighted by Crippen LogP contribution is -2.48. The largest absolute Gasteiger partial charge is 0.486 e. The van der Waals surface area contributed by atoms with Gasteiger partial charge in [0.1, 0.15) is 13.2 Å². The summed E-state index contributed by atoms with van der Waals surface area (Å²) in [5.41, 5.74) is 2.27. The van der Waals surface area contributed by atoms with Crippen molar-refractivity contribution >= 4 is 23.2 Å². The lowest BCUT2D eigenvalue weighted by Gasteiger charge is -2.35. The number of carbonyl (C=O) groups is 2. The van der Waals surface area contributed by atoms with E-state index < -0.39 is 0 Å². The first-order valence-corrected chi connectivity index (χ1v) is 10.6. The number of benzene rings is 2. The lowest BCUT2D eigenvalue weighted by molar-refractivity contribution is 0.0714. The van der Waals surface area contributed by atoms with Crippen LogP contribution in [0.4, 0.5) is 11.4 Å². The Hall–Kier alpha value is -3.94. The zero-order valence-corrected chi connectivity index (χ0v) is 17.5. The number of furan rings is 1. The molecule has 2 aromatic carbocycles. The molecule has 5 rings (SSSR count). The lowest BCUT2D eigenvalue weighted by atomic mass is 10.1. The SMILES string of the molecule is O=C(Nc1ccc(N2CCN(C(=O)c3ccco3)CC2)cc1)c1ccc2c(c1)OCCO2. The van der Waals surface area contributed by atoms with Gasteiger partial charge in [0.25, 0.3) is 11.8 Å². The highest BCUT2D eigenvalue weighted by Gasteiger charge is 2.24. The highest BCUT2D eigenvalue weighted by atomic mass is 16.6. The summed E-state index contributed by atoms with van der Waals surface area (Å²) < 4.78 is 16.3. The third-order valence-electron chi connectivity index (χ3n) is 5.59. The number of amides is 2. The van der Waals surface area contributed by atoms with Crippen LogP contribution in [0.2, 0.25) is 0 Å². The number of fused-ring (bicyclic) bond motifs is 1. The monoisotopic (exact) mass is 433 g/mol. The van der Waals surface area contributed by atoms with E-state index in [9.17, 15) is 9.59 Å². The molecule has 0 spiro atoms. The first-order chi connectivity index (χ1) is 15.7. The Balaban J connectivity index is 1.18. The fourth-order valence-corrected chi connectivity index (χ4v) is 3.87. The number of carbonyl (C=O) groups excluding carboxylic acids is 2. The van der Waals surface area contributed by atoms with Gasteiger partial charge in [-0.15, -0.1) is 0 Å². The molecule has 0 bridgehead atoms. The number of ether oxygens (including phenoxy) is 2. The van der Waals surface area contributed by atoms with E-state index in [0.29, 0.717) is 54.8 Å². The normalized spacial score (nSPS) is 15.4. The van der Waals surface area contributed by atoms with Gasteiger partial charge >= 0.3 is 0 Å². The van der Waals surface area contributed by atoms with Gasteiger partial charge in [0, 0.05) is 43.1 Å². The fourth-order valence-electron chi connectivity index (χ4n) is 3.87. The number of hydrogen-bond donors (Lipinski definition) is 1. The van der Waals surface area contributed by atoms with Crippen molar-refractivity contribution in [3.63, 3.8) is 0 Å². The molecule has 2 aliphatic heterocycles. The average Bonchev–Trinajstić information content (AvgIpc) is 3.39. The summed E-state index contributed by atoms with van der Waals surface area (Å²) in [6.07, 6.45) is 1.51. The van der Waals surface area contributed by atoms with Crippen molar-refractivity contribution in [1.29, 1.82) is 0 Å². The Morgan fingerprint density at radius 1 is 0.844 bits per heavy atom. The summed E-state index contributed by atoms with van der Waals surface area (Å²) in [5.74, 6) is 1.33. The molecule has 32 heavy (non-hydrogen) atoms. The minimum Gasteiger partial charge on any atom is -0.486 e. The molecular weight excluding hydrogens is 410 g/mol. The van der Waals surface area contributed by atoms with Crippen molar-refractivity contribution in [3.05, 3.63) is 72.2 Å². The first kappa shape index (κ1) is 20.0. The Kier molecular flexibility index (Phi) is 5.41. The van der Waals surface area contributed by atoms with Crippen LogP contribution in [-0.4, -0.2) is 56.1 Å². The maximum Gasteiger partial charge on any atom is 0.289 e. The van der Waals surface area contributed by atoms with Gasteiger partial charge in [0.2, 0.25) is 0 Å². The van der Waals surface area contributed by atoms with Crippen molar-refractivity contribution in [1.82, 2.24) is 4.90 Å². The van der Waals surface area contributed by atoms with Gasteiger partial charge in [0.05, 0.1) is 6.26 Å². The molecule has 1 N–H and O–H groups in total.